The van der Waals surface area contributed by atoms with Crippen LogP contribution in [0.5, 0.6) is 0 Å². The zero-order valence-corrected chi connectivity index (χ0v) is 11.7. The van der Waals surface area contributed by atoms with Crippen LogP contribution in [0.15, 0.2) is 10.5 Å². The Hall–Kier alpha value is -0.390. The van der Waals surface area contributed by atoms with Crippen LogP contribution < -0.4 is 11.5 Å². The van der Waals surface area contributed by atoms with E-state index in [1.54, 1.807) is 11.3 Å². The Morgan fingerprint density at radius 3 is 2.75 bits per heavy atom. The molecule has 16 heavy (non-hydrogen) atoms. The number of hydrogen-bond acceptors (Lipinski definition) is 3. The molecule has 1 amide bonds. The van der Waals surface area contributed by atoms with E-state index in [-0.39, 0.29) is 11.9 Å². The van der Waals surface area contributed by atoms with Gasteiger partial charge in [0.2, 0.25) is 5.91 Å². The van der Waals surface area contributed by atoms with Gasteiger partial charge in [-0.2, -0.15) is 0 Å². The van der Waals surface area contributed by atoms with E-state index in [1.807, 2.05) is 0 Å². The van der Waals surface area contributed by atoms with E-state index in [1.165, 1.54) is 9.75 Å². The predicted molar refractivity (Wildman–Crippen MR) is 71.3 cm³/mol. The number of unbranched alkanes of at least 4 members (excludes halogenated alkanes) is 1. The normalized spacial score (nSPS) is 12.7. The SMILES string of the molecule is Cc1sc(C(N)CCCCC(N)=O)cc1Br. The summed E-state index contributed by atoms with van der Waals surface area (Å²) in [4.78, 5) is 13.0. The van der Waals surface area contributed by atoms with Gasteiger partial charge in [-0.1, -0.05) is 6.42 Å². The minimum absolute atomic E-state index is 0.0721. The summed E-state index contributed by atoms with van der Waals surface area (Å²) in [5.74, 6) is -0.233. The third kappa shape index (κ3) is 4.23. The number of nitrogens with two attached hydrogens (primary N) is 2. The van der Waals surface area contributed by atoms with E-state index in [0.717, 1.165) is 23.7 Å². The first-order valence-corrected chi connectivity index (χ1v) is 6.91. The molecule has 0 spiro atoms. The first-order valence-electron chi connectivity index (χ1n) is 5.30. The highest BCUT2D eigenvalue weighted by molar-refractivity contribution is 9.10. The number of thiophene rings is 1. The number of aryl methyl sites for hydroxylation is 1. The van der Waals surface area contributed by atoms with Crippen molar-refractivity contribution in [2.24, 2.45) is 11.5 Å². The Balaban J connectivity index is 2.35. The minimum atomic E-state index is -0.233. The highest BCUT2D eigenvalue weighted by Gasteiger charge is 2.10. The van der Waals surface area contributed by atoms with Crippen LogP contribution in [0.4, 0.5) is 0 Å². The first kappa shape index (κ1) is 13.7. The molecular formula is C11H17BrN2OS. The van der Waals surface area contributed by atoms with Crippen LogP contribution in [-0.4, -0.2) is 5.91 Å². The number of carbonyl (C=O) groups is 1. The van der Waals surface area contributed by atoms with Crippen LogP contribution in [0.2, 0.25) is 0 Å². The van der Waals surface area contributed by atoms with Gasteiger partial charge in [-0.3, -0.25) is 4.79 Å². The topological polar surface area (TPSA) is 69.1 Å². The van der Waals surface area contributed by atoms with E-state index in [4.69, 9.17) is 11.5 Å². The highest BCUT2D eigenvalue weighted by atomic mass is 79.9. The number of hydrogen-bond donors (Lipinski definition) is 2. The maximum atomic E-state index is 10.5. The predicted octanol–water partition coefficient (Wildman–Crippen LogP) is 2.86. The standard InChI is InChI=1S/C11H17BrN2OS/c1-7-8(12)6-10(16-7)9(13)4-2-3-5-11(14)15/h6,9H,2-5,13H2,1H3,(H2,14,15). The third-order valence-electron chi connectivity index (χ3n) is 2.43. The maximum Gasteiger partial charge on any atom is 0.217 e. The molecule has 0 bridgehead atoms. The third-order valence-corrected chi connectivity index (χ3v) is 4.70. The number of amides is 1. The molecule has 0 saturated carbocycles. The fourth-order valence-corrected chi connectivity index (χ4v) is 3.07. The molecular weight excluding hydrogens is 288 g/mol. The average Bonchev–Trinajstić information content (AvgIpc) is 2.54. The van der Waals surface area contributed by atoms with Crippen LogP contribution in [0.3, 0.4) is 0 Å². The molecule has 90 valence electrons. The van der Waals surface area contributed by atoms with Crippen molar-refractivity contribution in [3.05, 3.63) is 20.3 Å². The van der Waals surface area contributed by atoms with Crippen molar-refractivity contribution in [1.82, 2.24) is 0 Å². The van der Waals surface area contributed by atoms with Gasteiger partial charge in [-0.05, 0) is 41.8 Å². The van der Waals surface area contributed by atoms with Gasteiger partial charge in [-0.25, -0.2) is 0 Å². The summed E-state index contributed by atoms with van der Waals surface area (Å²) in [5, 5.41) is 0. The second kappa shape index (κ2) is 6.37. The molecule has 1 aromatic heterocycles. The van der Waals surface area contributed by atoms with Crippen molar-refractivity contribution in [1.29, 1.82) is 0 Å². The number of carbonyl (C=O) groups excluding carboxylic acids is 1. The van der Waals surface area contributed by atoms with Gasteiger partial charge in [0.25, 0.3) is 0 Å². The van der Waals surface area contributed by atoms with E-state index < -0.39 is 0 Å². The van der Waals surface area contributed by atoms with Crippen molar-refractivity contribution in [3.8, 4) is 0 Å². The Morgan fingerprint density at radius 2 is 2.25 bits per heavy atom. The lowest BCUT2D eigenvalue weighted by Crippen LogP contribution is -2.11. The fourth-order valence-electron chi connectivity index (χ4n) is 1.47. The van der Waals surface area contributed by atoms with E-state index in [9.17, 15) is 4.79 Å². The van der Waals surface area contributed by atoms with Crippen LogP contribution in [0.25, 0.3) is 0 Å². The zero-order valence-electron chi connectivity index (χ0n) is 9.33. The van der Waals surface area contributed by atoms with Gasteiger partial charge >= 0.3 is 0 Å². The molecule has 0 fully saturated rings. The average molecular weight is 305 g/mol. The Bertz CT molecular complexity index is 345. The minimum Gasteiger partial charge on any atom is -0.370 e. The monoisotopic (exact) mass is 304 g/mol. The van der Waals surface area contributed by atoms with Gasteiger partial charge in [-0.15, -0.1) is 11.3 Å². The van der Waals surface area contributed by atoms with Crippen molar-refractivity contribution in [2.75, 3.05) is 0 Å². The molecule has 1 aromatic rings. The lowest BCUT2D eigenvalue weighted by Gasteiger charge is -2.08. The summed E-state index contributed by atoms with van der Waals surface area (Å²) in [6, 6.07) is 2.15. The van der Waals surface area contributed by atoms with E-state index in [2.05, 4.69) is 28.9 Å². The Kier molecular flexibility index (Phi) is 5.44. The molecule has 4 N–H and O–H groups in total. The summed E-state index contributed by atoms with van der Waals surface area (Å²) in [5.41, 5.74) is 11.1. The highest BCUT2D eigenvalue weighted by Crippen LogP contribution is 2.31. The molecule has 1 unspecified atom stereocenters. The molecule has 1 atom stereocenters. The van der Waals surface area contributed by atoms with Crippen molar-refractivity contribution >= 4 is 33.2 Å². The lowest BCUT2D eigenvalue weighted by molar-refractivity contribution is -0.118. The second-order valence-electron chi connectivity index (χ2n) is 3.87. The van der Waals surface area contributed by atoms with Crippen LogP contribution in [0, 0.1) is 6.92 Å². The second-order valence-corrected chi connectivity index (χ2v) is 6.01. The summed E-state index contributed by atoms with van der Waals surface area (Å²) in [6.45, 7) is 2.07. The number of primary amides is 1. The Labute approximate surface area is 108 Å². The van der Waals surface area contributed by atoms with Crippen molar-refractivity contribution in [3.63, 3.8) is 0 Å². The smallest absolute Gasteiger partial charge is 0.217 e. The molecule has 0 radical (unpaired) electrons. The molecule has 1 heterocycles. The van der Waals surface area contributed by atoms with Gasteiger partial charge in [0.15, 0.2) is 0 Å². The quantitative estimate of drug-likeness (QED) is 0.793. The molecule has 1 rings (SSSR count). The fraction of sp³-hybridized carbons (Fsp3) is 0.545. The Morgan fingerprint density at radius 1 is 1.56 bits per heavy atom. The van der Waals surface area contributed by atoms with E-state index >= 15 is 0 Å². The van der Waals surface area contributed by atoms with Gasteiger partial charge in [0.05, 0.1) is 0 Å². The zero-order chi connectivity index (χ0) is 12.1. The molecule has 0 saturated heterocycles. The van der Waals surface area contributed by atoms with Crippen molar-refractivity contribution < 1.29 is 4.79 Å². The molecule has 3 nitrogen and oxygen atoms in total. The summed E-state index contributed by atoms with van der Waals surface area (Å²) in [6.07, 6.45) is 3.13. The van der Waals surface area contributed by atoms with Gasteiger partial charge in [0, 0.05) is 26.7 Å². The molecule has 0 aliphatic heterocycles. The van der Waals surface area contributed by atoms with Gasteiger partial charge in [0.1, 0.15) is 0 Å². The van der Waals surface area contributed by atoms with E-state index in [0.29, 0.717) is 6.42 Å². The summed E-state index contributed by atoms with van der Waals surface area (Å²) >= 11 is 5.20. The largest absolute Gasteiger partial charge is 0.370 e. The number of rotatable bonds is 6. The van der Waals surface area contributed by atoms with Crippen LogP contribution in [0.1, 0.15) is 41.5 Å². The van der Waals surface area contributed by atoms with Crippen LogP contribution >= 0.6 is 27.3 Å². The number of halogens is 1. The first-order chi connectivity index (χ1) is 7.50. The molecule has 0 aliphatic rings. The molecule has 0 aromatic carbocycles. The molecule has 5 heteroatoms. The summed E-state index contributed by atoms with van der Waals surface area (Å²) < 4.78 is 1.13. The molecule has 0 aliphatic carbocycles. The maximum absolute atomic E-state index is 10.5. The van der Waals surface area contributed by atoms with Gasteiger partial charge < -0.3 is 11.5 Å². The van der Waals surface area contributed by atoms with Crippen molar-refractivity contribution in [2.45, 2.75) is 38.6 Å². The van der Waals surface area contributed by atoms with Crippen LogP contribution in [-0.2, 0) is 4.79 Å². The lowest BCUT2D eigenvalue weighted by atomic mass is 10.1. The summed E-state index contributed by atoms with van der Waals surface area (Å²) in [7, 11) is 0.